The van der Waals surface area contributed by atoms with Crippen molar-refractivity contribution in [3.8, 4) is 17.3 Å². The number of rotatable bonds is 3. The van der Waals surface area contributed by atoms with Crippen LogP contribution in [0.2, 0.25) is 0 Å². The molecule has 144 valence electrons. The van der Waals surface area contributed by atoms with Crippen molar-refractivity contribution in [1.82, 2.24) is 4.98 Å². The van der Waals surface area contributed by atoms with Crippen molar-refractivity contribution in [2.45, 2.75) is 31.9 Å². The third kappa shape index (κ3) is 3.24. The zero-order valence-electron chi connectivity index (χ0n) is 14.1. The summed E-state index contributed by atoms with van der Waals surface area (Å²) in [6.45, 7) is 0. The highest BCUT2D eigenvalue weighted by Crippen LogP contribution is 2.42. The van der Waals surface area contributed by atoms with Crippen LogP contribution in [-0.2, 0) is 19.0 Å². The average molecular weight is 392 g/mol. The number of alkyl halides is 3. The Hall–Kier alpha value is -3.55. The molecule has 0 bridgehead atoms. The van der Waals surface area contributed by atoms with E-state index in [0.29, 0.717) is 30.9 Å². The van der Waals surface area contributed by atoms with Crippen molar-refractivity contribution in [3.63, 3.8) is 0 Å². The Labute approximate surface area is 155 Å². The number of nitrogens with zero attached hydrogens (tertiary/aromatic N) is 4. The van der Waals surface area contributed by atoms with Crippen LogP contribution in [0.4, 0.5) is 24.5 Å². The molecule has 0 N–H and O–H groups in total. The van der Waals surface area contributed by atoms with Gasteiger partial charge in [0, 0.05) is 6.07 Å². The third-order valence-electron chi connectivity index (χ3n) is 4.54. The molecule has 0 unspecified atom stereocenters. The Morgan fingerprint density at radius 3 is 2.25 bits per heavy atom. The highest BCUT2D eigenvalue weighted by Gasteiger charge is 2.39. The van der Waals surface area contributed by atoms with Gasteiger partial charge in [-0.1, -0.05) is 0 Å². The molecule has 0 spiro atoms. The van der Waals surface area contributed by atoms with Gasteiger partial charge in [-0.15, -0.1) is 0 Å². The van der Waals surface area contributed by atoms with Crippen LogP contribution in [-0.4, -0.2) is 14.8 Å². The first kappa shape index (κ1) is 19.2. The number of benzene rings is 1. The fourth-order valence-corrected chi connectivity index (χ4v) is 3.35. The van der Waals surface area contributed by atoms with Crippen LogP contribution in [0, 0.1) is 31.6 Å². The lowest BCUT2D eigenvalue weighted by molar-refractivity contribution is -0.393. The Balaban J connectivity index is 2.39. The smallest absolute Gasteiger partial charge is 0.258 e. The predicted molar refractivity (Wildman–Crippen MR) is 89.3 cm³/mol. The van der Waals surface area contributed by atoms with Gasteiger partial charge in [0.25, 0.3) is 11.4 Å². The molecule has 11 heteroatoms. The molecular weight excluding hydrogens is 381 g/mol. The first-order valence-corrected chi connectivity index (χ1v) is 8.11. The maximum atomic E-state index is 13.5. The molecule has 0 amide bonds. The number of hydrogen-bond acceptors (Lipinski definition) is 6. The molecule has 1 aromatic carbocycles. The van der Waals surface area contributed by atoms with Crippen LogP contribution in [0.15, 0.2) is 18.2 Å². The predicted octanol–water partition coefficient (Wildman–Crippen LogP) is 4.33. The maximum absolute atomic E-state index is 13.5. The molecule has 0 fully saturated rings. The zero-order chi connectivity index (χ0) is 20.6. The molecule has 0 aliphatic heterocycles. The number of fused-ring (bicyclic) bond motifs is 1. The number of nitriles is 1. The fraction of sp³-hybridized carbons (Fsp3) is 0.294. The summed E-state index contributed by atoms with van der Waals surface area (Å²) in [5, 5.41) is 31.6. The standard InChI is InChI=1S/C17H11F3N4O4/c18-17(19,20)16-13(8-21)10-3-1-2-4-11(10)15(22-16)12-6-5-9(23(25)26)7-14(12)24(27)28/h5-7H,1-4H2. The quantitative estimate of drug-likeness (QED) is 0.566. The van der Waals surface area contributed by atoms with E-state index in [1.807, 2.05) is 0 Å². The van der Waals surface area contributed by atoms with Crippen molar-refractivity contribution in [2.75, 3.05) is 0 Å². The molecule has 0 atom stereocenters. The molecule has 1 aliphatic carbocycles. The molecule has 1 heterocycles. The van der Waals surface area contributed by atoms with Crippen molar-refractivity contribution in [1.29, 1.82) is 5.26 Å². The molecule has 2 aromatic rings. The molecule has 28 heavy (non-hydrogen) atoms. The first-order valence-electron chi connectivity index (χ1n) is 8.11. The van der Waals surface area contributed by atoms with Crippen LogP contribution >= 0.6 is 0 Å². The van der Waals surface area contributed by atoms with Gasteiger partial charge in [-0.05, 0) is 42.9 Å². The van der Waals surface area contributed by atoms with Gasteiger partial charge in [-0.3, -0.25) is 20.2 Å². The average Bonchev–Trinajstić information content (AvgIpc) is 2.65. The Morgan fingerprint density at radius 2 is 1.71 bits per heavy atom. The largest absolute Gasteiger partial charge is 0.434 e. The summed E-state index contributed by atoms with van der Waals surface area (Å²) in [7, 11) is 0. The SMILES string of the molecule is N#Cc1c(C(F)(F)F)nc(-c2ccc([N+](=O)[O-])cc2[N+](=O)[O-])c2c1CCCC2. The summed E-state index contributed by atoms with van der Waals surface area (Å²) in [4.78, 5) is 24.2. The van der Waals surface area contributed by atoms with E-state index in [9.17, 15) is 38.7 Å². The van der Waals surface area contributed by atoms with E-state index in [-0.39, 0.29) is 23.2 Å². The van der Waals surface area contributed by atoms with Crippen LogP contribution in [0.1, 0.15) is 35.2 Å². The second kappa shape index (κ2) is 6.88. The fourth-order valence-electron chi connectivity index (χ4n) is 3.35. The van der Waals surface area contributed by atoms with E-state index in [1.165, 1.54) is 0 Å². The highest BCUT2D eigenvalue weighted by atomic mass is 19.4. The summed E-state index contributed by atoms with van der Waals surface area (Å²) < 4.78 is 40.5. The second-order valence-corrected chi connectivity index (χ2v) is 6.17. The molecule has 8 nitrogen and oxygen atoms in total. The lowest BCUT2D eigenvalue weighted by Crippen LogP contribution is -2.18. The minimum Gasteiger partial charge on any atom is -0.258 e. The highest BCUT2D eigenvalue weighted by molar-refractivity contribution is 5.77. The summed E-state index contributed by atoms with van der Waals surface area (Å²) in [6, 6.07) is 4.26. The number of non-ortho nitro benzene ring substituents is 1. The maximum Gasteiger partial charge on any atom is 0.434 e. The zero-order valence-corrected chi connectivity index (χ0v) is 14.1. The summed E-state index contributed by atoms with van der Waals surface area (Å²) >= 11 is 0. The van der Waals surface area contributed by atoms with Crippen LogP contribution in [0.5, 0.6) is 0 Å². The molecule has 3 rings (SSSR count). The van der Waals surface area contributed by atoms with E-state index in [4.69, 9.17) is 0 Å². The van der Waals surface area contributed by atoms with Gasteiger partial charge in [-0.25, -0.2) is 4.98 Å². The minimum atomic E-state index is -4.93. The van der Waals surface area contributed by atoms with Crippen molar-refractivity contribution >= 4 is 11.4 Å². The van der Waals surface area contributed by atoms with E-state index >= 15 is 0 Å². The van der Waals surface area contributed by atoms with E-state index in [1.54, 1.807) is 6.07 Å². The Morgan fingerprint density at radius 1 is 1.07 bits per heavy atom. The van der Waals surface area contributed by atoms with Crippen LogP contribution < -0.4 is 0 Å². The van der Waals surface area contributed by atoms with E-state index < -0.39 is 38.7 Å². The Kier molecular flexibility index (Phi) is 4.72. The van der Waals surface area contributed by atoms with Gasteiger partial charge in [0.15, 0.2) is 5.69 Å². The van der Waals surface area contributed by atoms with E-state index in [0.717, 1.165) is 12.1 Å². The number of pyridine rings is 1. The van der Waals surface area contributed by atoms with Crippen molar-refractivity contribution in [2.24, 2.45) is 0 Å². The lowest BCUT2D eigenvalue weighted by atomic mass is 9.85. The molecule has 0 radical (unpaired) electrons. The second-order valence-electron chi connectivity index (χ2n) is 6.17. The van der Waals surface area contributed by atoms with Gasteiger partial charge in [-0.2, -0.15) is 18.4 Å². The van der Waals surface area contributed by atoms with Gasteiger partial charge >= 0.3 is 6.18 Å². The first-order chi connectivity index (χ1) is 13.1. The molecule has 1 aromatic heterocycles. The van der Waals surface area contributed by atoms with E-state index in [2.05, 4.69) is 4.98 Å². The molecule has 0 saturated heterocycles. The lowest BCUT2D eigenvalue weighted by Gasteiger charge is -2.23. The summed E-state index contributed by atoms with van der Waals surface area (Å²) in [6.07, 6.45) is -3.21. The van der Waals surface area contributed by atoms with Crippen LogP contribution in [0.25, 0.3) is 11.3 Å². The van der Waals surface area contributed by atoms with Gasteiger partial charge < -0.3 is 0 Å². The van der Waals surface area contributed by atoms with Gasteiger partial charge in [0.1, 0.15) is 6.07 Å². The van der Waals surface area contributed by atoms with Crippen molar-refractivity contribution < 1.29 is 23.0 Å². The van der Waals surface area contributed by atoms with Gasteiger partial charge in [0.2, 0.25) is 0 Å². The number of nitro benzene ring substituents is 2. The Bertz CT molecular complexity index is 1040. The van der Waals surface area contributed by atoms with Crippen LogP contribution in [0.3, 0.4) is 0 Å². The number of hydrogen-bond donors (Lipinski definition) is 0. The number of halogens is 3. The third-order valence-corrected chi connectivity index (χ3v) is 4.54. The topological polar surface area (TPSA) is 123 Å². The normalized spacial score (nSPS) is 13.5. The summed E-state index contributed by atoms with van der Waals surface area (Å²) in [5.41, 5.74) is -3.24. The summed E-state index contributed by atoms with van der Waals surface area (Å²) in [5.74, 6) is 0. The van der Waals surface area contributed by atoms with Gasteiger partial charge in [0.05, 0.1) is 32.7 Å². The van der Waals surface area contributed by atoms with Crippen molar-refractivity contribution in [3.05, 3.63) is 60.8 Å². The number of aromatic nitrogens is 1. The minimum absolute atomic E-state index is 0.179. The molecule has 0 saturated carbocycles. The molecule has 1 aliphatic rings. The molecular formula is C17H11F3N4O4. The monoisotopic (exact) mass is 392 g/mol. The number of nitro groups is 2.